The molecule has 1 unspecified atom stereocenters. The van der Waals surface area contributed by atoms with Gasteiger partial charge in [0.25, 0.3) is 5.91 Å². The number of aromatic nitrogens is 1. The first-order valence-corrected chi connectivity index (χ1v) is 10.3. The molecule has 2 aliphatic rings. The lowest BCUT2D eigenvalue weighted by Gasteiger charge is -2.40. The Morgan fingerprint density at radius 3 is 2.60 bits per heavy atom. The highest BCUT2D eigenvalue weighted by Gasteiger charge is 2.43. The lowest BCUT2D eigenvalue weighted by atomic mass is 9.94. The molecule has 2 amide bonds. The summed E-state index contributed by atoms with van der Waals surface area (Å²) in [5, 5.41) is 6.80. The maximum Gasteiger partial charge on any atom is 0.266 e. The van der Waals surface area contributed by atoms with E-state index in [9.17, 15) is 9.59 Å². The van der Waals surface area contributed by atoms with Crippen molar-refractivity contribution in [1.82, 2.24) is 14.9 Å². The minimum atomic E-state index is -0.501. The molecular weight excluding hydrogens is 376 g/mol. The van der Waals surface area contributed by atoms with Gasteiger partial charge in [0.15, 0.2) is 0 Å². The Labute approximate surface area is 175 Å². The summed E-state index contributed by atoms with van der Waals surface area (Å²) < 4.78 is 0. The van der Waals surface area contributed by atoms with Crippen molar-refractivity contribution in [1.29, 1.82) is 0 Å². The van der Waals surface area contributed by atoms with Crippen LogP contribution in [0.25, 0.3) is 10.9 Å². The number of hydrazone groups is 1. The van der Waals surface area contributed by atoms with Gasteiger partial charge in [-0.3, -0.25) is 9.59 Å². The minimum Gasteiger partial charge on any atom is -0.357 e. The third-order valence-electron chi connectivity index (χ3n) is 6.10. The summed E-state index contributed by atoms with van der Waals surface area (Å²) in [6.45, 7) is 4.71. The standard InChI is InChI=1S/C24H24N4O2/c1-15(2)17-9-7-16(8-10-17)12-25-28-14-23(29)27-13-21-19(11-22(27)24(28)30)18-5-3-4-6-20(18)26-21/h3-10,12,15,22,26H,11,13-14H2,1-2H3. The number of H-pyrrole nitrogens is 1. The highest BCUT2D eigenvalue weighted by molar-refractivity contribution is 5.97. The Bertz CT molecular complexity index is 1160. The Balaban J connectivity index is 1.39. The molecule has 1 fully saturated rings. The minimum absolute atomic E-state index is 0.0223. The number of benzene rings is 2. The smallest absolute Gasteiger partial charge is 0.266 e. The molecule has 0 saturated carbocycles. The number of carbonyl (C=O) groups excluding carboxylic acids is 2. The molecule has 0 aliphatic carbocycles. The maximum absolute atomic E-state index is 13.1. The van der Waals surface area contributed by atoms with Gasteiger partial charge in [-0.1, -0.05) is 56.3 Å². The van der Waals surface area contributed by atoms with E-state index in [1.807, 2.05) is 30.3 Å². The van der Waals surface area contributed by atoms with Crippen LogP contribution in [0, 0.1) is 0 Å². The van der Waals surface area contributed by atoms with Crippen molar-refractivity contribution >= 4 is 28.9 Å². The molecule has 5 rings (SSSR count). The fourth-order valence-electron chi connectivity index (χ4n) is 4.36. The highest BCUT2D eigenvalue weighted by Crippen LogP contribution is 2.32. The zero-order valence-corrected chi connectivity index (χ0v) is 17.1. The summed E-state index contributed by atoms with van der Waals surface area (Å²) in [5.74, 6) is 0.265. The number of fused-ring (bicyclic) bond motifs is 4. The van der Waals surface area contributed by atoms with Gasteiger partial charge < -0.3 is 9.88 Å². The number of piperazine rings is 1. The first kappa shape index (κ1) is 18.6. The van der Waals surface area contributed by atoms with E-state index in [1.54, 1.807) is 11.1 Å². The molecule has 2 aromatic carbocycles. The number of rotatable bonds is 3. The number of amides is 2. The average molecular weight is 400 g/mol. The first-order valence-electron chi connectivity index (χ1n) is 10.3. The van der Waals surface area contributed by atoms with Gasteiger partial charge in [-0.25, -0.2) is 5.01 Å². The van der Waals surface area contributed by atoms with Crippen molar-refractivity contribution in [2.24, 2.45) is 5.10 Å². The number of hydrogen-bond acceptors (Lipinski definition) is 3. The molecule has 3 aromatic rings. The van der Waals surface area contributed by atoms with E-state index in [-0.39, 0.29) is 18.4 Å². The third kappa shape index (κ3) is 3.09. The van der Waals surface area contributed by atoms with Crippen molar-refractivity contribution in [3.05, 3.63) is 70.9 Å². The molecule has 1 atom stereocenters. The van der Waals surface area contributed by atoms with Crippen LogP contribution in [0.1, 0.15) is 42.1 Å². The summed E-state index contributed by atoms with van der Waals surface area (Å²) in [6.07, 6.45) is 2.17. The second-order valence-corrected chi connectivity index (χ2v) is 8.33. The quantitative estimate of drug-likeness (QED) is 0.685. The van der Waals surface area contributed by atoms with E-state index in [2.05, 4.69) is 42.1 Å². The van der Waals surface area contributed by atoms with Gasteiger partial charge in [-0.2, -0.15) is 5.10 Å². The van der Waals surface area contributed by atoms with Crippen LogP contribution >= 0.6 is 0 Å². The van der Waals surface area contributed by atoms with Crippen LogP contribution in [0.15, 0.2) is 53.6 Å². The summed E-state index contributed by atoms with van der Waals surface area (Å²) in [4.78, 5) is 31.0. The Hall–Kier alpha value is -3.41. The number of para-hydroxylation sites is 1. The predicted octanol–water partition coefficient (Wildman–Crippen LogP) is 3.42. The van der Waals surface area contributed by atoms with Crippen LogP contribution in [-0.2, 0) is 22.6 Å². The van der Waals surface area contributed by atoms with Crippen molar-refractivity contribution in [2.45, 2.75) is 38.8 Å². The molecule has 152 valence electrons. The van der Waals surface area contributed by atoms with Gasteiger partial charge >= 0.3 is 0 Å². The normalized spacial score (nSPS) is 19.1. The van der Waals surface area contributed by atoms with Crippen molar-refractivity contribution in [3.63, 3.8) is 0 Å². The first-order chi connectivity index (χ1) is 14.5. The Kier molecular flexibility index (Phi) is 4.42. The number of carbonyl (C=O) groups is 2. The molecular formula is C24H24N4O2. The molecule has 6 nitrogen and oxygen atoms in total. The predicted molar refractivity (Wildman–Crippen MR) is 116 cm³/mol. The molecule has 30 heavy (non-hydrogen) atoms. The second-order valence-electron chi connectivity index (χ2n) is 8.33. The zero-order valence-electron chi connectivity index (χ0n) is 17.1. The molecule has 0 radical (unpaired) electrons. The summed E-state index contributed by atoms with van der Waals surface area (Å²) in [6, 6.07) is 15.7. The lowest BCUT2D eigenvalue weighted by Crippen LogP contribution is -2.60. The zero-order chi connectivity index (χ0) is 20.8. The Morgan fingerprint density at radius 2 is 1.83 bits per heavy atom. The summed E-state index contributed by atoms with van der Waals surface area (Å²) in [5.41, 5.74) is 5.36. The van der Waals surface area contributed by atoms with Gasteiger partial charge in [0.1, 0.15) is 12.6 Å². The second kappa shape index (κ2) is 7.13. The largest absolute Gasteiger partial charge is 0.357 e. The fraction of sp³-hybridized carbons (Fsp3) is 0.292. The number of hydrogen-bond donors (Lipinski definition) is 1. The van der Waals surface area contributed by atoms with Gasteiger partial charge in [0, 0.05) is 23.0 Å². The van der Waals surface area contributed by atoms with Crippen LogP contribution in [0.2, 0.25) is 0 Å². The van der Waals surface area contributed by atoms with E-state index >= 15 is 0 Å². The van der Waals surface area contributed by atoms with Gasteiger partial charge in [0.05, 0.1) is 12.8 Å². The van der Waals surface area contributed by atoms with Gasteiger partial charge in [-0.05, 0) is 28.7 Å². The van der Waals surface area contributed by atoms with Crippen molar-refractivity contribution in [2.75, 3.05) is 6.54 Å². The summed E-state index contributed by atoms with van der Waals surface area (Å²) in [7, 11) is 0. The number of nitrogens with zero attached hydrogens (tertiary/aromatic N) is 3. The van der Waals surface area contributed by atoms with Crippen LogP contribution in [0.5, 0.6) is 0 Å². The van der Waals surface area contributed by atoms with E-state index in [4.69, 9.17) is 0 Å². The molecule has 6 heteroatoms. The van der Waals surface area contributed by atoms with Crippen LogP contribution in [-0.4, -0.2) is 45.5 Å². The number of nitrogens with one attached hydrogen (secondary N) is 1. The number of aromatic amines is 1. The van der Waals surface area contributed by atoms with Crippen LogP contribution in [0.3, 0.4) is 0 Å². The van der Waals surface area contributed by atoms with Gasteiger partial charge in [0.2, 0.25) is 5.91 Å². The molecule has 1 N–H and O–H groups in total. The monoisotopic (exact) mass is 400 g/mol. The van der Waals surface area contributed by atoms with Crippen LogP contribution in [0.4, 0.5) is 0 Å². The molecule has 1 aromatic heterocycles. The molecule has 2 aliphatic heterocycles. The molecule has 0 bridgehead atoms. The average Bonchev–Trinajstić information content (AvgIpc) is 3.12. The van der Waals surface area contributed by atoms with Crippen molar-refractivity contribution in [3.8, 4) is 0 Å². The fourth-order valence-corrected chi connectivity index (χ4v) is 4.36. The molecule has 0 spiro atoms. The lowest BCUT2D eigenvalue weighted by molar-refractivity contribution is -0.157. The van der Waals surface area contributed by atoms with E-state index in [0.29, 0.717) is 18.9 Å². The van der Waals surface area contributed by atoms with E-state index in [1.165, 1.54) is 10.6 Å². The maximum atomic E-state index is 13.1. The Morgan fingerprint density at radius 1 is 1.07 bits per heavy atom. The molecule has 1 saturated heterocycles. The van der Waals surface area contributed by atoms with Crippen molar-refractivity contribution < 1.29 is 9.59 Å². The van der Waals surface area contributed by atoms with Gasteiger partial charge in [-0.15, -0.1) is 0 Å². The third-order valence-corrected chi connectivity index (χ3v) is 6.10. The van der Waals surface area contributed by atoms with Crippen LogP contribution < -0.4 is 0 Å². The topological polar surface area (TPSA) is 68.8 Å². The highest BCUT2D eigenvalue weighted by atomic mass is 16.2. The van der Waals surface area contributed by atoms with E-state index in [0.717, 1.165) is 27.7 Å². The summed E-state index contributed by atoms with van der Waals surface area (Å²) >= 11 is 0. The van der Waals surface area contributed by atoms with E-state index < -0.39 is 6.04 Å². The molecule has 3 heterocycles. The SMILES string of the molecule is CC(C)c1ccc(C=NN2CC(=O)N3Cc4[nH]c5ccccc5c4CC3C2=O)cc1.